The molecule has 1 aromatic heterocycles. The van der Waals surface area contributed by atoms with Crippen LogP contribution in [0.4, 0.5) is 5.69 Å². The zero-order chi connectivity index (χ0) is 18.0. The van der Waals surface area contributed by atoms with Gasteiger partial charge >= 0.3 is 0 Å². The van der Waals surface area contributed by atoms with Gasteiger partial charge in [-0.3, -0.25) is 14.5 Å². The molecule has 1 aromatic carbocycles. The Bertz CT molecular complexity index is 940. The van der Waals surface area contributed by atoms with Crippen molar-refractivity contribution in [3.63, 3.8) is 0 Å². The molecular formula is C16H16N4O3S2. The third-order valence-electron chi connectivity index (χ3n) is 3.33. The summed E-state index contributed by atoms with van der Waals surface area (Å²) >= 11 is 1.26. The largest absolute Gasteiger partial charge is 0.327 e. The summed E-state index contributed by atoms with van der Waals surface area (Å²) in [5.41, 5.74) is 8.26. The summed E-state index contributed by atoms with van der Waals surface area (Å²) in [4.78, 5) is 16.5. The van der Waals surface area contributed by atoms with Gasteiger partial charge in [-0.05, 0) is 35.4 Å². The molecular weight excluding hydrogens is 360 g/mol. The summed E-state index contributed by atoms with van der Waals surface area (Å²) in [7, 11) is -3.31. The monoisotopic (exact) mass is 376 g/mol. The van der Waals surface area contributed by atoms with Crippen LogP contribution < -0.4 is 15.8 Å². The summed E-state index contributed by atoms with van der Waals surface area (Å²) < 4.78 is 24.9. The number of benzene rings is 1. The Hall–Kier alpha value is -2.36. The molecule has 0 radical (unpaired) electrons. The van der Waals surface area contributed by atoms with E-state index in [0.717, 1.165) is 22.9 Å². The van der Waals surface area contributed by atoms with Crippen molar-refractivity contribution in [2.75, 3.05) is 11.0 Å². The molecule has 3 rings (SSSR count). The second-order valence-corrected chi connectivity index (χ2v) is 8.41. The number of nitrogens with zero attached hydrogens (tertiary/aromatic N) is 1. The number of sulfonamides is 1. The van der Waals surface area contributed by atoms with Crippen molar-refractivity contribution < 1.29 is 13.2 Å². The maximum Gasteiger partial charge on any atom is 0.259 e. The Morgan fingerprint density at radius 2 is 1.96 bits per heavy atom. The van der Waals surface area contributed by atoms with Gasteiger partial charge in [0.15, 0.2) is 0 Å². The van der Waals surface area contributed by atoms with E-state index < -0.39 is 15.5 Å². The number of amides is 1. The fourth-order valence-corrected chi connectivity index (χ4v) is 3.68. The van der Waals surface area contributed by atoms with E-state index in [9.17, 15) is 13.2 Å². The molecule has 1 saturated heterocycles. The van der Waals surface area contributed by atoms with Crippen LogP contribution in [0.25, 0.3) is 17.2 Å². The van der Waals surface area contributed by atoms with Crippen molar-refractivity contribution in [2.24, 2.45) is 5.73 Å². The summed E-state index contributed by atoms with van der Waals surface area (Å²) in [6.07, 6.45) is 6.20. The van der Waals surface area contributed by atoms with E-state index in [4.69, 9.17) is 5.73 Å². The van der Waals surface area contributed by atoms with E-state index in [1.807, 2.05) is 6.07 Å². The molecule has 1 aliphatic heterocycles. The van der Waals surface area contributed by atoms with Crippen LogP contribution in [0.1, 0.15) is 5.56 Å². The highest BCUT2D eigenvalue weighted by Gasteiger charge is 2.23. The fourth-order valence-electron chi connectivity index (χ4n) is 2.31. The first-order valence-corrected chi connectivity index (χ1v) is 10.1. The maximum atomic E-state index is 11.7. The molecule has 2 heterocycles. The maximum absolute atomic E-state index is 11.7. The zero-order valence-electron chi connectivity index (χ0n) is 13.3. The van der Waals surface area contributed by atoms with Gasteiger partial charge in [0.25, 0.3) is 5.91 Å². The minimum absolute atomic E-state index is 0.195. The van der Waals surface area contributed by atoms with Crippen LogP contribution in [0.2, 0.25) is 0 Å². The minimum Gasteiger partial charge on any atom is -0.327 e. The number of rotatable bonds is 4. The lowest BCUT2D eigenvalue weighted by atomic mass is 10.1. The van der Waals surface area contributed by atoms with Crippen molar-refractivity contribution in [3.8, 4) is 11.1 Å². The van der Waals surface area contributed by atoms with E-state index in [-0.39, 0.29) is 5.91 Å². The number of carbonyl (C=O) groups is 1. The van der Waals surface area contributed by atoms with Gasteiger partial charge in [-0.2, -0.15) is 0 Å². The molecule has 9 heteroatoms. The average Bonchev–Trinajstić information content (AvgIpc) is 2.84. The van der Waals surface area contributed by atoms with Gasteiger partial charge in [-0.15, -0.1) is 0 Å². The van der Waals surface area contributed by atoms with Gasteiger partial charge in [0, 0.05) is 23.6 Å². The van der Waals surface area contributed by atoms with Crippen LogP contribution in [0.5, 0.6) is 0 Å². The molecule has 1 atom stereocenters. The number of aromatic nitrogens is 1. The fraction of sp³-hybridized carbons (Fsp3) is 0.125. The molecule has 2 aromatic rings. The van der Waals surface area contributed by atoms with Crippen LogP contribution in [-0.2, 0) is 14.8 Å². The number of thioether (sulfide) groups is 1. The predicted molar refractivity (Wildman–Crippen MR) is 99.8 cm³/mol. The normalized spacial score (nSPS) is 19.0. The topological polar surface area (TPSA) is 114 Å². The molecule has 130 valence electrons. The van der Waals surface area contributed by atoms with Crippen LogP contribution in [0, 0.1) is 0 Å². The lowest BCUT2D eigenvalue weighted by Gasteiger charge is -2.06. The molecule has 1 fully saturated rings. The van der Waals surface area contributed by atoms with Gasteiger partial charge in [0.1, 0.15) is 5.50 Å². The lowest BCUT2D eigenvalue weighted by molar-refractivity contribution is -0.116. The molecule has 0 spiro atoms. The molecule has 0 saturated carbocycles. The van der Waals surface area contributed by atoms with Gasteiger partial charge in [-0.1, -0.05) is 23.9 Å². The first kappa shape index (κ1) is 17.5. The molecule has 1 unspecified atom stereocenters. The molecule has 1 amide bonds. The van der Waals surface area contributed by atoms with Crippen LogP contribution in [0.3, 0.4) is 0 Å². The summed E-state index contributed by atoms with van der Waals surface area (Å²) in [5.74, 6) is -0.195. The van der Waals surface area contributed by atoms with E-state index >= 15 is 0 Å². The molecule has 0 bridgehead atoms. The molecule has 0 aliphatic carbocycles. The van der Waals surface area contributed by atoms with Crippen molar-refractivity contribution in [1.29, 1.82) is 0 Å². The Labute approximate surface area is 149 Å². The highest BCUT2D eigenvalue weighted by atomic mass is 32.2. The summed E-state index contributed by atoms with van der Waals surface area (Å²) in [6, 6.07) is 8.86. The molecule has 1 aliphatic rings. The van der Waals surface area contributed by atoms with Gasteiger partial charge < -0.3 is 11.1 Å². The SMILES string of the molecule is CS(=O)(=O)Nc1ccc(-c2cncc(/C=C3\SC(N)NC3=O)c2)cc1. The standard InChI is InChI=1S/C16H16N4O3S2/c1-25(22,23)20-13-4-2-11(3-5-13)12-6-10(8-18-9-12)7-14-15(21)19-16(17)24-14/h2-9,16,20H,17H2,1H3,(H,19,21)/b14-7-. The smallest absolute Gasteiger partial charge is 0.259 e. The zero-order valence-corrected chi connectivity index (χ0v) is 14.9. The third-order valence-corrected chi connectivity index (χ3v) is 4.87. The van der Waals surface area contributed by atoms with Crippen molar-refractivity contribution >= 4 is 39.5 Å². The molecule has 7 nitrogen and oxygen atoms in total. The number of nitrogens with one attached hydrogen (secondary N) is 2. The highest BCUT2D eigenvalue weighted by Crippen LogP contribution is 2.28. The Kier molecular flexibility index (Phi) is 4.80. The quantitative estimate of drug-likeness (QED) is 0.698. The van der Waals surface area contributed by atoms with E-state index in [0.29, 0.717) is 10.6 Å². The minimum atomic E-state index is -3.31. The first-order chi connectivity index (χ1) is 11.8. The number of nitrogens with two attached hydrogens (primary N) is 1. The third kappa shape index (κ3) is 4.59. The second kappa shape index (κ2) is 6.87. The van der Waals surface area contributed by atoms with E-state index in [2.05, 4.69) is 15.0 Å². The van der Waals surface area contributed by atoms with Crippen molar-refractivity contribution in [3.05, 3.63) is 53.2 Å². The Balaban J connectivity index is 1.84. The molecule has 25 heavy (non-hydrogen) atoms. The van der Waals surface area contributed by atoms with E-state index in [1.165, 1.54) is 11.8 Å². The van der Waals surface area contributed by atoms with Gasteiger partial charge in [0.05, 0.1) is 11.2 Å². The van der Waals surface area contributed by atoms with Crippen LogP contribution in [0.15, 0.2) is 47.6 Å². The number of carbonyl (C=O) groups excluding carboxylic acids is 1. The predicted octanol–water partition coefficient (Wildman–Crippen LogP) is 1.57. The van der Waals surface area contributed by atoms with Crippen LogP contribution in [-0.4, -0.2) is 31.1 Å². The number of pyridine rings is 1. The number of anilines is 1. The number of hydrogen-bond acceptors (Lipinski definition) is 6. The van der Waals surface area contributed by atoms with E-state index in [1.54, 1.807) is 42.7 Å². The highest BCUT2D eigenvalue weighted by molar-refractivity contribution is 8.05. The average molecular weight is 376 g/mol. The first-order valence-electron chi connectivity index (χ1n) is 7.28. The summed E-state index contributed by atoms with van der Waals surface area (Å²) in [6.45, 7) is 0. The lowest BCUT2D eigenvalue weighted by Crippen LogP contribution is -2.31. The second-order valence-electron chi connectivity index (χ2n) is 5.48. The Morgan fingerprint density at radius 3 is 2.56 bits per heavy atom. The van der Waals surface area contributed by atoms with Crippen molar-refractivity contribution in [1.82, 2.24) is 10.3 Å². The van der Waals surface area contributed by atoms with Crippen LogP contribution >= 0.6 is 11.8 Å². The Morgan fingerprint density at radius 1 is 1.24 bits per heavy atom. The summed E-state index contributed by atoms with van der Waals surface area (Å²) in [5, 5.41) is 2.62. The number of hydrogen-bond donors (Lipinski definition) is 3. The molecule has 4 N–H and O–H groups in total. The van der Waals surface area contributed by atoms with Gasteiger partial charge in [0.2, 0.25) is 10.0 Å². The van der Waals surface area contributed by atoms with Gasteiger partial charge in [-0.25, -0.2) is 8.42 Å². The van der Waals surface area contributed by atoms with Crippen molar-refractivity contribution in [2.45, 2.75) is 5.50 Å².